The first-order valence-electron chi connectivity index (χ1n) is 23.1. The lowest BCUT2D eigenvalue weighted by Gasteiger charge is -2.22. The molecule has 0 aliphatic heterocycles. The number of nitrogens with zero attached hydrogens (tertiary/aromatic N) is 1. The molecule has 322 valence electrons. The molecule has 0 heterocycles. The van der Waals surface area contributed by atoms with Crippen LogP contribution in [-0.4, -0.2) is 68.0 Å². The fourth-order valence-electron chi connectivity index (χ4n) is 6.94. The molecule has 0 unspecified atom stereocenters. The van der Waals surface area contributed by atoms with E-state index < -0.39 is 0 Å². The maximum Gasteiger partial charge on any atom is 0.306 e. The molecule has 8 nitrogen and oxygen atoms in total. The molecule has 0 rings (SSSR count). The lowest BCUT2D eigenvalue weighted by Crippen LogP contribution is -2.29. The number of rotatable bonds is 42. The van der Waals surface area contributed by atoms with Crippen molar-refractivity contribution in [3.8, 4) is 0 Å². The Morgan fingerprint density at radius 1 is 0.528 bits per heavy atom. The molecule has 0 aliphatic carbocycles. The molecule has 0 aromatic heterocycles. The Kier molecular flexibility index (Phi) is 47.7. The number of hydrogen-bond donors (Lipinski definition) is 3. The van der Waals surface area contributed by atoms with Crippen molar-refractivity contribution < 1.29 is 27.1 Å². The second-order valence-corrected chi connectivity index (χ2v) is 15.4. The first-order valence-corrected chi connectivity index (χ1v) is 23.1. The Bertz CT molecular complexity index is 723. The lowest BCUT2D eigenvalue weighted by atomic mass is 10.0. The third-order valence-electron chi connectivity index (χ3n) is 10.3. The standard InChI is InChI=1S/C44H88N2O5.CH5N.2H2/c1-4-7-10-13-18-25-33-42(34-26-19-14-11-8-5-2)51-44(48)36-28-21-17-23-30-39-46(40-32-37-45-49)38-29-22-16-20-27-35-43(47)50-41-31-24-15-12-9-6-3;1-2;;/h42,45,49H,4-41H2,1-3H3;2H2,1H3;2*1H. The van der Waals surface area contributed by atoms with Gasteiger partial charge in [0.25, 0.3) is 0 Å². The van der Waals surface area contributed by atoms with Gasteiger partial charge in [-0.25, -0.2) is 5.48 Å². The van der Waals surface area contributed by atoms with Gasteiger partial charge in [0.05, 0.1) is 6.61 Å². The van der Waals surface area contributed by atoms with E-state index in [4.69, 9.17) is 14.7 Å². The highest BCUT2D eigenvalue weighted by atomic mass is 16.5. The quantitative estimate of drug-likeness (QED) is 0.0320. The van der Waals surface area contributed by atoms with Gasteiger partial charge in [0.15, 0.2) is 0 Å². The lowest BCUT2D eigenvalue weighted by molar-refractivity contribution is -0.150. The van der Waals surface area contributed by atoms with Gasteiger partial charge in [-0.05, 0) is 90.9 Å². The highest BCUT2D eigenvalue weighted by molar-refractivity contribution is 5.69. The minimum atomic E-state index is -0.0293. The summed E-state index contributed by atoms with van der Waals surface area (Å²) in [4.78, 5) is 27.3. The Morgan fingerprint density at radius 3 is 1.38 bits per heavy atom. The minimum absolute atomic E-state index is 0. The third-order valence-corrected chi connectivity index (χ3v) is 10.3. The van der Waals surface area contributed by atoms with Crippen LogP contribution in [0.1, 0.15) is 236 Å². The Labute approximate surface area is 333 Å². The molecule has 0 bridgehead atoms. The monoisotopic (exact) mass is 760 g/mol. The SMILES string of the molecule is CCCCCCCCOC(=O)CCCCCCCN(CCCCCCCC(=O)OC(CCCCCCCC)CCCCCCCC)CCCNO.CN.[HH].[HH]. The van der Waals surface area contributed by atoms with Crippen LogP contribution < -0.4 is 11.2 Å². The summed E-state index contributed by atoms with van der Waals surface area (Å²) in [5.74, 6) is -0.0116. The number of nitrogens with two attached hydrogens (primary N) is 1. The zero-order valence-corrected chi connectivity index (χ0v) is 36.1. The van der Waals surface area contributed by atoms with Crippen LogP contribution in [0.4, 0.5) is 0 Å². The van der Waals surface area contributed by atoms with Gasteiger partial charge in [0.2, 0.25) is 0 Å². The average molecular weight is 760 g/mol. The number of carbonyl (C=O) groups excluding carboxylic acids is 2. The Morgan fingerprint density at radius 2 is 0.906 bits per heavy atom. The predicted molar refractivity (Wildman–Crippen MR) is 231 cm³/mol. The highest BCUT2D eigenvalue weighted by Crippen LogP contribution is 2.18. The van der Waals surface area contributed by atoms with Gasteiger partial charge in [-0.15, -0.1) is 0 Å². The minimum Gasteiger partial charge on any atom is -0.466 e. The van der Waals surface area contributed by atoms with Crippen LogP contribution in [0.15, 0.2) is 0 Å². The number of esters is 2. The molecule has 0 spiro atoms. The summed E-state index contributed by atoms with van der Waals surface area (Å²) in [7, 11) is 1.50. The number of unbranched alkanes of at least 4 members (excludes halogenated alkanes) is 23. The van der Waals surface area contributed by atoms with E-state index >= 15 is 0 Å². The smallest absolute Gasteiger partial charge is 0.306 e. The number of hydroxylamine groups is 1. The van der Waals surface area contributed by atoms with Gasteiger partial charge in [0, 0.05) is 22.2 Å². The predicted octanol–water partition coefficient (Wildman–Crippen LogP) is 12.7. The largest absolute Gasteiger partial charge is 0.466 e. The number of nitrogens with one attached hydrogen (secondary N) is 1. The molecule has 0 saturated carbocycles. The normalized spacial score (nSPS) is 11.2. The molecule has 4 N–H and O–H groups in total. The first-order chi connectivity index (χ1) is 26.1. The van der Waals surface area contributed by atoms with Crippen LogP contribution in [0.3, 0.4) is 0 Å². The summed E-state index contributed by atoms with van der Waals surface area (Å²) in [5.41, 5.74) is 6.80. The molecule has 0 fully saturated rings. The van der Waals surface area contributed by atoms with Crippen LogP contribution in [0.2, 0.25) is 0 Å². The fraction of sp³-hybridized carbons (Fsp3) is 0.956. The molecule has 53 heavy (non-hydrogen) atoms. The van der Waals surface area contributed by atoms with Gasteiger partial charge in [-0.2, -0.15) is 0 Å². The number of ether oxygens (including phenoxy) is 2. The zero-order chi connectivity index (χ0) is 39.3. The maximum atomic E-state index is 12.7. The van der Waals surface area contributed by atoms with Crippen LogP contribution in [0.25, 0.3) is 0 Å². The summed E-state index contributed by atoms with van der Waals surface area (Å²) in [5, 5.41) is 9.01. The molecule has 0 atom stereocenters. The Balaban J connectivity index is -0.00000319. The topological polar surface area (TPSA) is 114 Å². The molecule has 0 aromatic rings. The highest BCUT2D eigenvalue weighted by Gasteiger charge is 2.14. The maximum absolute atomic E-state index is 12.7. The molecular formula is C45H97N3O5. The van der Waals surface area contributed by atoms with E-state index in [1.807, 2.05) is 0 Å². The van der Waals surface area contributed by atoms with E-state index in [9.17, 15) is 9.59 Å². The molecule has 8 heteroatoms. The van der Waals surface area contributed by atoms with Crippen molar-refractivity contribution in [1.29, 1.82) is 0 Å². The van der Waals surface area contributed by atoms with Crippen molar-refractivity contribution in [2.24, 2.45) is 5.73 Å². The Hall–Kier alpha value is -1.22. The van der Waals surface area contributed by atoms with Crippen molar-refractivity contribution in [2.45, 2.75) is 239 Å². The third kappa shape index (κ3) is 43.4. The average Bonchev–Trinajstić information content (AvgIpc) is 3.16. The van der Waals surface area contributed by atoms with Gasteiger partial charge < -0.3 is 25.3 Å². The summed E-state index contributed by atoms with van der Waals surface area (Å²) in [6.07, 6.45) is 38.0. The molecule has 0 saturated heterocycles. The second-order valence-electron chi connectivity index (χ2n) is 15.4. The number of carbonyl (C=O) groups is 2. The van der Waals surface area contributed by atoms with E-state index in [2.05, 4.69) is 36.9 Å². The summed E-state index contributed by atoms with van der Waals surface area (Å²) in [6, 6.07) is 0. The second kappa shape index (κ2) is 46.9. The summed E-state index contributed by atoms with van der Waals surface area (Å²) >= 11 is 0. The van der Waals surface area contributed by atoms with Crippen molar-refractivity contribution in [1.82, 2.24) is 10.4 Å². The summed E-state index contributed by atoms with van der Waals surface area (Å²) < 4.78 is 11.4. The number of hydrogen-bond acceptors (Lipinski definition) is 8. The van der Waals surface area contributed by atoms with Gasteiger partial charge >= 0.3 is 11.9 Å². The van der Waals surface area contributed by atoms with Crippen LogP contribution in [-0.2, 0) is 19.1 Å². The van der Waals surface area contributed by atoms with E-state index in [1.54, 1.807) is 0 Å². The van der Waals surface area contributed by atoms with E-state index in [0.717, 1.165) is 83.8 Å². The van der Waals surface area contributed by atoms with E-state index in [1.165, 1.54) is 142 Å². The van der Waals surface area contributed by atoms with Crippen molar-refractivity contribution in [2.75, 3.05) is 39.8 Å². The molecule has 0 aliphatic rings. The molecule has 0 amide bonds. The fourth-order valence-corrected chi connectivity index (χ4v) is 6.94. The van der Waals surface area contributed by atoms with Crippen LogP contribution >= 0.6 is 0 Å². The summed E-state index contributed by atoms with van der Waals surface area (Å²) in [6.45, 7) is 11.2. The van der Waals surface area contributed by atoms with E-state index in [-0.39, 0.29) is 20.9 Å². The first kappa shape index (κ1) is 53.9. The van der Waals surface area contributed by atoms with Crippen molar-refractivity contribution in [3.63, 3.8) is 0 Å². The van der Waals surface area contributed by atoms with Crippen LogP contribution in [0, 0.1) is 0 Å². The molecule has 0 aromatic carbocycles. The molecule has 0 radical (unpaired) electrons. The van der Waals surface area contributed by atoms with Crippen LogP contribution in [0.5, 0.6) is 0 Å². The van der Waals surface area contributed by atoms with Crippen molar-refractivity contribution >= 4 is 11.9 Å². The molecular weight excluding hydrogens is 663 g/mol. The van der Waals surface area contributed by atoms with Gasteiger partial charge in [-0.3, -0.25) is 9.59 Å². The van der Waals surface area contributed by atoms with Gasteiger partial charge in [0.1, 0.15) is 6.10 Å². The van der Waals surface area contributed by atoms with E-state index in [0.29, 0.717) is 26.0 Å². The van der Waals surface area contributed by atoms with Crippen molar-refractivity contribution in [3.05, 3.63) is 0 Å². The van der Waals surface area contributed by atoms with Gasteiger partial charge in [-0.1, -0.05) is 156 Å². The zero-order valence-electron chi connectivity index (χ0n) is 36.1.